The van der Waals surface area contributed by atoms with E-state index in [0.717, 1.165) is 16.5 Å². The minimum Gasteiger partial charge on any atom is -0.383 e. The zero-order chi connectivity index (χ0) is 18.5. The van der Waals surface area contributed by atoms with Crippen molar-refractivity contribution in [1.29, 1.82) is 0 Å². The van der Waals surface area contributed by atoms with Crippen molar-refractivity contribution in [3.63, 3.8) is 0 Å². The van der Waals surface area contributed by atoms with Gasteiger partial charge >= 0.3 is 0 Å². The van der Waals surface area contributed by atoms with Gasteiger partial charge in [-0.15, -0.1) is 0 Å². The zero-order valence-corrected chi connectivity index (χ0v) is 14.9. The number of H-pyrrole nitrogens is 1. The number of rotatable bonds is 6. The minimum atomic E-state index is -0.190. The van der Waals surface area contributed by atoms with Crippen LogP contribution in [0.5, 0.6) is 0 Å². The molecule has 0 aliphatic rings. The average molecular weight is 351 g/mol. The van der Waals surface area contributed by atoms with Crippen molar-refractivity contribution < 1.29 is 9.53 Å². The molecular weight excluding hydrogens is 330 g/mol. The summed E-state index contributed by atoms with van der Waals surface area (Å²) in [6.45, 7) is 2.95. The first-order valence-corrected chi connectivity index (χ1v) is 8.39. The maximum Gasteiger partial charge on any atom is 0.255 e. The first-order chi connectivity index (χ1) is 12.6. The standard InChI is InChI=1S/C20H21N3O3/c1-14-5-6-15-11-17(19(24)22-18(15)10-14)13-23(8-9-26-2)20(25)16-4-3-7-21-12-16/h3-7,10-12H,8-9,13H2,1-2H3,(H,22,24). The molecule has 0 unspecified atom stereocenters. The summed E-state index contributed by atoms with van der Waals surface area (Å²) in [5, 5.41) is 0.936. The smallest absolute Gasteiger partial charge is 0.255 e. The number of fused-ring (bicyclic) bond motifs is 1. The lowest BCUT2D eigenvalue weighted by Crippen LogP contribution is -2.35. The molecule has 0 saturated carbocycles. The number of methoxy groups -OCH3 is 1. The van der Waals surface area contributed by atoms with Crippen LogP contribution in [0.1, 0.15) is 21.5 Å². The zero-order valence-electron chi connectivity index (χ0n) is 14.9. The highest BCUT2D eigenvalue weighted by Gasteiger charge is 2.18. The number of hydrogen-bond donors (Lipinski definition) is 1. The summed E-state index contributed by atoms with van der Waals surface area (Å²) >= 11 is 0. The molecule has 1 N–H and O–H groups in total. The van der Waals surface area contributed by atoms with E-state index in [1.165, 1.54) is 6.20 Å². The summed E-state index contributed by atoms with van der Waals surface area (Å²) in [4.78, 5) is 33.8. The highest BCUT2D eigenvalue weighted by molar-refractivity contribution is 5.93. The predicted octanol–water partition coefficient (Wildman–Crippen LogP) is 2.52. The summed E-state index contributed by atoms with van der Waals surface area (Å²) in [6.07, 6.45) is 3.14. The maximum absolute atomic E-state index is 12.8. The van der Waals surface area contributed by atoms with Crippen LogP contribution in [0.3, 0.4) is 0 Å². The molecule has 0 saturated heterocycles. The number of nitrogens with zero attached hydrogens (tertiary/aromatic N) is 2. The molecule has 0 radical (unpaired) electrons. The number of benzene rings is 1. The molecule has 1 aromatic carbocycles. The van der Waals surface area contributed by atoms with Crippen LogP contribution in [0.15, 0.2) is 53.6 Å². The van der Waals surface area contributed by atoms with Crippen LogP contribution in [0, 0.1) is 6.92 Å². The fraction of sp³-hybridized carbons (Fsp3) is 0.250. The number of aromatic nitrogens is 2. The monoisotopic (exact) mass is 351 g/mol. The Morgan fingerprint density at radius 2 is 2.12 bits per heavy atom. The Hall–Kier alpha value is -2.99. The van der Waals surface area contributed by atoms with Gasteiger partial charge in [0.1, 0.15) is 0 Å². The highest BCUT2D eigenvalue weighted by atomic mass is 16.5. The molecule has 3 rings (SSSR count). The van der Waals surface area contributed by atoms with Crippen molar-refractivity contribution in [2.24, 2.45) is 0 Å². The first kappa shape index (κ1) is 17.8. The molecule has 1 amide bonds. The second-order valence-corrected chi connectivity index (χ2v) is 6.18. The van der Waals surface area contributed by atoms with Crippen molar-refractivity contribution in [3.8, 4) is 0 Å². The van der Waals surface area contributed by atoms with Gasteiger partial charge in [0.05, 0.1) is 18.7 Å². The van der Waals surface area contributed by atoms with E-state index in [1.807, 2.05) is 31.2 Å². The van der Waals surface area contributed by atoms with Crippen LogP contribution in [0.25, 0.3) is 10.9 Å². The number of pyridine rings is 2. The largest absolute Gasteiger partial charge is 0.383 e. The number of carbonyl (C=O) groups excluding carboxylic acids is 1. The van der Waals surface area contributed by atoms with Gasteiger partial charge in [0, 0.05) is 37.1 Å². The molecule has 0 atom stereocenters. The van der Waals surface area contributed by atoms with Gasteiger partial charge in [0.2, 0.25) is 0 Å². The highest BCUT2D eigenvalue weighted by Crippen LogP contribution is 2.15. The molecule has 0 aliphatic carbocycles. The Kier molecular flexibility index (Phi) is 5.43. The van der Waals surface area contributed by atoms with Crippen molar-refractivity contribution in [1.82, 2.24) is 14.9 Å². The topological polar surface area (TPSA) is 75.3 Å². The van der Waals surface area contributed by atoms with Crippen molar-refractivity contribution in [3.05, 3.63) is 75.8 Å². The number of carbonyl (C=O) groups is 1. The molecular formula is C20H21N3O3. The fourth-order valence-corrected chi connectivity index (χ4v) is 2.81. The Balaban J connectivity index is 1.92. The van der Waals surface area contributed by atoms with Crippen LogP contribution in [0.2, 0.25) is 0 Å². The van der Waals surface area contributed by atoms with E-state index in [4.69, 9.17) is 4.74 Å². The molecule has 2 aromatic heterocycles. The average Bonchev–Trinajstić information content (AvgIpc) is 2.65. The van der Waals surface area contributed by atoms with E-state index in [1.54, 1.807) is 30.3 Å². The van der Waals surface area contributed by atoms with Crippen molar-refractivity contribution >= 4 is 16.8 Å². The molecule has 3 aromatic rings. The lowest BCUT2D eigenvalue weighted by atomic mass is 10.1. The van der Waals surface area contributed by atoms with Gasteiger partial charge in [-0.2, -0.15) is 0 Å². The van der Waals surface area contributed by atoms with Gasteiger partial charge < -0.3 is 14.6 Å². The summed E-state index contributed by atoms with van der Waals surface area (Å²) in [5.74, 6) is -0.182. The van der Waals surface area contributed by atoms with Crippen LogP contribution in [-0.4, -0.2) is 41.0 Å². The Morgan fingerprint density at radius 1 is 1.27 bits per heavy atom. The number of aryl methyl sites for hydroxylation is 1. The molecule has 0 fully saturated rings. The van der Waals surface area contributed by atoms with E-state index in [2.05, 4.69) is 9.97 Å². The van der Waals surface area contributed by atoms with Crippen LogP contribution >= 0.6 is 0 Å². The van der Waals surface area contributed by atoms with E-state index >= 15 is 0 Å². The number of aromatic amines is 1. The van der Waals surface area contributed by atoms with E-state index in [0.29, 0.717) is 24.3 Å². The molecule has 6 nitrogen and oxygen atoms in total. The van der Waals surface area contributed by atoms with Crippen LogP contribution in [0.4, 0.5) is 0 Å². The van der Waals surface area contributed by atoms with Gasteiger partial charge in [0.25, 0.3) is 11.5 Å². The number of ether oxygens (including phenoxy) is 1. The molecule has 0 aliphatic heterocycles. The third-order valence-corrected chi connectivity index (χ3v) is 4.20. The Morgan fingerprint density at radius 3 is 2.85 bits per heavy atom. The summed E-state index contributed by atoms with van der Waals surface area (Å²) in [5.41, 5.74) is 2.70. The summed E-state index contributed by atoms with van der Waals surface area (Å²) < 4.78 is 5.11. The van der Waals surface area contributed by atoms with Crippen LogP contribution < -0.4 is 5.56 Å². The third-order valence-electron chi connectivity index (χ3n) is 4.20. The molecule has 26 heavy (non-hydrogen) atoms. The van der Waals surface area contributed by atoms with E-state index in [-0.39, 0.29) is 18.0 Å². The van der Waals surface area contributed by atoms with Gasteiger partial charge in [-0.05, 0) is 42.1 Å². The summed E-state index contributed by atoms with van der Waals surface area (Å²) in [6, 6.07) is 11.2. The third kappa shape index (κ3) is 3.97. The van der Waals surface area contributed by atoms with Crippen molar-refractivity contribution in [2.75, 3.05) is 20.3 Å². The Labute approximate surface area is 151 Å². The number of amides is 1. The molecule has 6 heteroatoms. The van der Waals surface area contributed by atoms with E-state index < -0.39 is 0 Å². The fourth-order valence-electron chi connectivity index (χ4n) is 2.81. The lowest BCUT2D eigenvalue weighted by molar-refractivity contribution is 0.0679. The minimum absolute atomic E-state index is 0.182. The molecule has 0 bridgehead atoms. The second-order valence-electron chi connectivity index (χ2n) is 6.18. The quantitative estimate of drug-likeness (QED) is 0.740. The maximum atomic E-state index is 12.8. The summed E-state index contributed by atoms with van der Waals surface area (Å²) in [7, 11) is 1.58. The lowest BCUT2D eigenvalue weighted by Gasteiger charge is -2.22. The molecule has 0 spiro atoms. The van der Waals surface area contributed by atoms with Gasteiger partial charge in [-0.25, -0.2) is 0 Å². The van der Waals surface area contributed by atoms with Gasteiger partial charge in [-0.1, -0.05) is 12.1 Å². The number of hydrogen-bond acceptors (Lipinski definition) is 4. The van der Waals surface area contributed by atoms with Crippen LogP contribution in [-0.2, 0) is 11.3 Å². The van der Waals surface area contributed by atoms with Gasteiger partial charge in [0.15, 0.2) is 0 Å². The normalized spacial score (nSPS) is 10.8. The molecule has 134 valence electrons. The first-order valence-electron chi connectivity index (χ1n) is 8.39. The molecule has 2 heterocycles. The predicted molar refractivity (Wildman–Crippen MR) is 100 cm³/mol. The Bertz CT molecular complexity index is 967. The van der Waals surface area contributed by atoms with Gasteiger partial charge in [-0.3, -0.25) is 14.6 Å². The SMILES string of the molecule is COCCN(Cc1cc2ccc(C)cc2[nH]c1=O)C(=O)c1cccnc1. The second kappa shape index (κ2) is 7.93. The van der Waals surface area contributed by atoms with Crippen molar-refractivity contribution in [2.45, 2.75) is 13.5 Å². The number of nitrogens with one attached hydrogen (secondary N) is 1. The van der Waals surface area contributed by atoms with E-state index in [9.17, 15) is 9.59 Å².